The van der Waals surface area contributed by atoms with Gasteiger partial charge in [0.25, 0.3) is 0 Å². The minimum Gasteiger partial charge on any atom is -0.503 e. The number of hydrogen-bond acceptors (Lipinski definition) is 5. The van der Waals surface area contributed by atoms with Crippen LogP contribution in [0.25, 0.3) is 11.1 Å². The summed E-state index contributed by atoms with van der Waals surface area (Å²) >= 11 is 6.22. The molecule has 2 N–H and O–H groups in total. The van der Waals surface area contributed by atoms with Crippen LogP contribution in [0.15, 0.2) is 42.6 Å². The number of benzene rings is 2. The molecule has 29 heavy (non-hydrogen) atoms. The number of phenolic OH excluding ortho intramolecular Hbond substituents is 1. The highest BCUT2D eigenvalue weighted by molar-refractivity contribution is 6.32. The second-order valence-corrected chi connectivity index (χ2v) is 8.37. The zero-order valence-electron chi connectivity index (χ0n) is 17.2. The average Bonchev–Trinajstić information content (AvgIpc) is 2.74. The van der Waals surface area contributed by atoms with Crippen LogP contribution < -0.4 is 10.1 Å². The van der Waals surface area contributed by atoms with Gasteiger partial charge in [-0.2, -0.15) is 0 Å². The molecule has 2 aliphatic heterocycles. The first-order chi connectivity index (χ1) is 14.0. The summed E-state index contributed by atoms with van der Waals surface area (Å²) < 4.78 is 5.28. The molecule has 2 aliphatic rings. The van der Waals surface area contributed by atoms with Crippen LogP contribution in [-0.2, 0) is 0 Å². The topological polar surface area (TPSA) is 48.0 Å². The van der Waals surface area contributed by atoms with Crippen LogP contribution in [0.3, 0.4) is 0 Å². The van der Waals surface area contributed by atoms with Crippen molar-refractivity contribution in [3.8, 4) is 22.6 Å². The second kappa shape index (κ2) is 8.27. The van der Waals surface area contributed by atoms with Gasteiger partial charge >= 0.3 is 0 Å². The summed E-state index contributed by atoms with van der Waals surface area (Å²) in [5, 5.41) is 13.7. The van der Waals surface area contributed by atoms with Crippen LogP contribution in [0.4, 0.5) is 5.69 Å². The van der Waals surface area contributed by atoms with E-state index < -0.39 is 0 Å². The molecule has 5 nitrogen and oxygen atoms in total. The fourth-order valence-electron chi connectivity index (χ4n) is 4.33. The standard InChI is InChI=1S/C23H28ClN3O2/c1-26-10-7-17(8-11-26)27(2)21-6-9-25-20-5-4-15(12-18(20)21)16-13-19(24)23(28)22(14-16)29-3/h4-6,9,12-14,17,21,25,28H,7-8,10-11H2,1-3H3. The van der Waals surface area contributed by atoms with Crippen molar-refractivity contribution in [2.24, 2.45) is 0 Å². The van der Waals surface area contributed by atoms with Crippen LogP contribution in [0.2, 0.25) is 5.02 Å². The molecule has 6 heteroatoms. The highest BCUT2D eigenvalue weighted by atomic mass is 35.5. The van der Waals surface area contributed by atoms with Gasteiger partial charge < -0.3 is 20.1 Å². The lowest BCUT2D eigenvalue weighted by atomic mass is 9.93. The van der Waals surface area contributed by atoms with Crippen LogP contribution in [-0.4, -0.2) is 55.2 Å². The van der Waals surface area contributed by atoms with Crippen molar-refractivity contribution in [1.29, 1.82) is 0 Å². The summed E-state index contributed by atoms with van der Waals surface area (Å²) in [6, 6.07) is 10.8. The average molecular weight is 414 g/mol. The van der Waals surface area contributed by atoms with Crippen molar-refractivity contribution >= 4 is 17.3 Å². The Balaban J connectivity index is 1.67. The van der Waals surface area contributed by atoms with E-state index in [0.29, 0.717) is 11.8 Å². The Morgan fingerprint density at radius 1 is 1.17 bits per heavy atom. The Hall–Kier alpha value is -2.21. The smallest absolute Gasteiger partial charge is 0.176 e. The SMILES string of the molecule is COc1cc(-c2ccc3c(c2)C(N(C)C2CCN(C)CC2)C=CN3)cc(Cl)c1O. The van der Waals surface area contributed by atoms with Gasteiger partial charge in [0.15, 0.2) is 11.5 Å². The van der Waals surface area contributed by atoms with Crippen molar-refractivity contribution in [1.82, 2.24) is 9.80 Å². The van der Waals surface area contributed by atoms with Gasteiger partial charge in [0.1, 0.15) is 0 Å². The van der Waals surface area contributed by atoms with Gasteiger partial charge in [-0.15, -0.1) is 0 Å². The number of piperidine rings is 1. The molecular formula is C23H28ClN3O2. The normalized spacial score (nSPS) is 19.8. The van der Waals surface area contributed by atoms with Gasteiger partial charge in [0.2, 0.25) is 0 Å². The number of anilines is 1. The first-order valence-corrected chi connectivity index (χ1v) is 10.4. The summed E-state index contributed by atoms with van der Waals surface area (Å²) in [7, 11) is 5.95. The molecule has 1 unspecified atom stereocenters. The predicted molar refractivity (Wildman–Crippen MR) is 119 cm³/mol. The first-order valence-electron chi connectivity index (χ1n) is 10.0. The molecule has 1 saturated heterocycles. The van der Waals surface area contributed by atoms with Crippen LogP contribution in [0.1, 0.15) is 24.4 Å². The molecule has 0 saturated carbocycles. The van der Waals surface area contributed by atoms with Gasteiger partial charge in [0.05, 0.1) is 18.2 Å². The van der Waals surface area contributed by atoms with Crippen LogP contribution >= 0.6 is 11.6 Å². The van der Waals surface area contributed by atoms with Gasteiger partial charge in [0, 0.05) is 11.7 Å². The van der Waals surface area contributed by atoms with Gasteiger partial charge in [-0.1, -0.05) is 17.7 Å². The van der Waals surface area contributed by atoms with Crippen LogP contribution in [0, 0.1) is 0 Å². The lowest BCUT2D eigenvalue weighted by Crippen LogP contribution is -2.43. The third kappa shape index (κ3) is 3.95. The van der Waals surface area contributed by atoms with E-state index in [2.05, 4.69) is 53.5 Å². The quantitative estimate of drug-likeness (QED) is 0.758. The lowest BCUT2D eigenvalue weighted by molar-refractivity contribution is 0.123. The number of likely N-dealkylation sites (N-methyl/N-ethyl adjacent to an activating group) is 1. The minimum absolute atomic E-state index is 0.0275. The highest BCUT2D eigenvalue weighted by Crippen LogP contribution is 2.41. The van der Waals surface area contributed by atoms with Crippen molar-refractivity contribution in [2.75, 3.05) is 39.6 Å². The number of methoxy groups -OCH3 is 1. The molecule has 0 aromatic heterocycles. The fraction of sp³-hybridized carbons (Fsp3) is 0.391. The summed E-state index contributed by atoms with van der Waals surface area (Å²) in [5.74, 6) is 0.351. The maximum Gasteiger partial charge on any atom is 0.176 e. The third-order valence-electron chi connectivity index (χ3n) is 6.17. The summed E-state index contributed by atoms with van der Waals surface area (Å²) in [6.45, 7) is 2.28. The molecule has 0 radical (unpaired) electrons. The number of rotatable bonds is 4. The van der Waals surface area contributed by atoms with Crippen LogP contribution in [0.5, 0.6) is 11.5 Å². The summed E-state index contributed by atoms with van der Waals surface area (Å²) in [6.07, 6.45) is 6.64. The number of halogens is 1. The number of ether oxygens (including phenoxy) is 1. The molecular weight excluding hydrogens is 386 g/mol. The zero-order chi connectivity index (χ0) is 20.5. The van der Waals surface area contributed by atoms with E-state index in [0.717, 1.165) is 29.9 Å². The molecule has 2 aromatic carbocycles. The molecule has 154 valence electrons. The number of nitrogens with zero attached hydrogens (tertiary/aromatic N) is 2. The Bertz CT molecular complexity index is 923. The number of nitrogens with one attached hydrogen (secondary N) is 1. The van der Waals surface area contributed by atoms with Gasteiger partial charge in [-0.3, -0.25) is 4.90 Å². The summed E-state index contributed by atoms with van der Waals surface area (Å²) in [4.78, 5) is 4.90. The van der Waals surface area contributed by atoms with Crippen molar-refractivity contribution < 1.29 is 9.84 Å². The van der Waals surface area contributed by atoms with E-state index in [1.807, 2.05) is 12.3 Å². The Labute approximate surface area is 177 Å². The van der Waals surface area contributed by atoms with Gasteiger partial charge in [-0.25, -0.2) is 0 Å². The zero-order valence-corrected chi connectivity index (χ0v) is 17.9. The van der Waals surface area contributed by atoms with Gasteiger partial charge in [-0.05, 0) is 93.3 Å². The molecule has 2 aromatic rings. The largest absolute Gasteiger partial charge is 0.503 e. The summed E-state index contributed by atoms with van der Waals surface area (Å²) in [5.41, 5.74) is 4.33. The Kier molecular flexibility index (Phi) is 5.72. The van der Waals surface area contributed by atoms with E-state index in [1.54, 1.807) is 6.07 Å². The number of fused-ring (bicyclic) bond motifs is 1. The van der Waals surface area contributed by atoms with Crippen molar-refractivity contribution in [3.05, 3.63) is 53.2 Å². The number of phenols is 1. The molecule has 0 amide bonds. The Morgan fingerprint density at radius 3 is 2.66 bits per heavy atom. The lowest BCUT2D eigenvalue weighted by Gasteiger charge is -2.40. The molecule has 0 spiro atoms. The molecule has 4 rings (SSSR count). The third-order valence-corrected chi connectivity index (χ3v) is 6.46. The van der Waals surface area contributed by atoms with E-state index >= 15 is 0 Å². The van der Waals surface area contributed by atoms with E-state index in [4.69, 9.17) is 16.3 Å². The Morgan fingerprint density at radius 2 is 1.93 bits per heavy atom. The highest BCUT2D eigenvalue weighted by Gasteiger charge is 2.28. The predicted octanol–water partition coefficient (Wildman–Crippen LogP) is 4.73. The molecule has 1 atom stereocenters. The maximum absolute atomic E-state index is 10.1. The first kappa shape index (κ1) is 20.1. The molecule has 2 heterocycles. The second-order valence-electron chi connectivity index (χ2n) is 7.96. The number of likely N-dealkylation sites (tertiary alicyclic amines) is 1. The monoisotopic (exact) mass is 413 g/mol. The maximum atomic E-state index is 10.1. The fourth-order valence-corrected chi connectivity index (χ4v) is 4.54. The van der Waals surface area contributed by atoms with Crippen molar-refractivity contribution in [3.63, 3.8) is 0 Å². The molecule has 0 bridgehead atoms. The molecule has 0 aliphatic carbocycles. The minimum atomic E-state index is -0.0275. The van der Waals surface area contributed by atoms with E-state index in [-0.39, 0.29) is 16.8 Å². The van der Waals surface area contributed by atoms with E-state index in [1.165, 1.54) is 25.5 Å². The molecule has 1 fully saturated rings. The number of aromatic hydroxyl groups is 1. The number of hydrogen-bond donors (Lipinski definition) is 2. The van der Waals surface area contributed by atoms with E-state index in [9.17, 15) is 5.11 Å². The van der Waals surface area contributed by atoms with Crippen molar-refractivity contribution in [2.45, 2.75) is 24.9 Å².